The summed E-state index contributed by atoms with van der Waals surface area (Å²) in [6.45, 7) is 2.40. The lowest BCUT2D eigenvalue weighted by Gasteiger charge is -2.13. The Hall–Kier alpha value is -2.79. The predicted molar refractivity (Wildman–Crippen MR) is 112 cm³/mol. The molecule has 0 unspecified atom stereocenters. The molecule has 0 bridgehead atoms. The van der Waals surface area contributed by atoms with Crippen LogP contribution in [0, 0.1) is 0 Å². The van der Waals surface area contributed by atoms with E-state index in [1.54, 1.807) is 0 Å². The first kappa shape index (κ1) is 21.9. The highest BCUT2D eigenvalue weighted by Gasteiger charge is 2.33. The monoisotopic (exact) mass is 454 g/mol. The molecular formula is C19H17F3N4O2S2. The van der Waals surface area contributed by atoms with Crippen LogP contribution in [0.3, 0.4) is 0 Å². The molecule has 0 saturated carbocycles. The maximum Gasteiger partial charge on any atom is 0.418 e. The fraction of sp³-hybridized carbons (Fsp3) is 0.211. The molecular weight excluding hydrogens is 437 g/mol. The van der Waals surface area contributed by atoms with Gasteiger partial charge in [0.15, 0.2) is 4.34 Å². The number of hydrogen-bond donors (Lipinski definition) is 2. The number of nitrogens with zero attached hydrogens (tertiary/aromatic N) is 2. The van der Waals surface area contributed by atoms with Crippen LogP contribution in [0.5, 0.6) is 5.75 Å². The molecule has 6 nitrogen and oxygen atoms in total. The van der Waals surface area contributed by atoms with Crippen LogP contribution in [0.2, 0.25) is 0 Å². The van der Waals surface area contributed by atoms with E-state index in [2.05, 4.69) is 20.8 Å². The van der Waals surface area contributed by atoms with Crippen molar-refractivity contribution in [3.05, 3.63) is 54.1 Å². The number of aromatic nitrogens is 2. The second kappa shape index (κ2) is 9.81. The van der Waals surface area contributed by atoms with Crippen molar-refractivity contribution in [2.24, 2.45) is 0 Å². The van der Waals surface area contributed by atoms with Gasteiger partial charge in [-0.3, -0.25) is 4.79 Å². The highest BCUT2D eigenvalue weighted by atomic mass is 32.2. The Kier molecular flexibility index (Phi) is 7.16. The van der Waals surface area contributed by atoms with Gasteiger partial charge in [0.25, 0.3) is 0 Å². The first-order valence-electron chi connectivity index (χ1n) is 8.78. The van der Waals surface area contributed by atoms with Gasteiger partial charge in [0, 0.05) is 0 Å². The lowest BCUT2D eigenvalue weighted by atomic mass is 10.1. The Morgan fingerprint density at radius 3 is 2.53 bits per heavy atom. The fourth-order valence-electron chi connectivity index (χ4n) is 2.44. The number of nitrogens with one attached hydrogen (secondary N) is 2. The summed E-state index contributed by atoms with van der Waals surface area (Å²) < 4.78 is 45.1. The van der Waals surface area contributed by atoms with Gasteiger partial charge in [-0.25, -0.2) is 0 Å². The molecule has 0 aliphatic carbocycles. The molecule has 2 N–H and O–H groups in total. The number of benzene rings is 2. The number of hydrogen-bond acceptors (Lipinski definition) is 7. The summed E-state index contributed by atoms with van der Waals surface area (Å²) >= 11 is 2.31. The number of thioether (sulfide) groups is 1. The fourth-order valence-corrected chi connectivity index (χ4v) is 4.00. The number of halogens is 3. The molecule has 158 valence electrons. The van der Waals surface area contributed by atoms with Crippen LogP contribution in [-0.4, -0.2) is 28.5 Å². The normalized spacial score (nSPS) is 11.2. The van der Waals surface area contributed by atoms with E-state index in [9.17, 15) is 18.0 Å². The molecule has 2 aromatic carbocycles. The van der Waals surface area contributed by atoms with Crippen molar-refractivity contribution in [1.82, 2.24) is 10.2 Å². The van der Waals surface area contributed by atoms with Crippen molar-refractivity contribution in [1.29, 1.82) is 0 Å². The van der Waals surface area contributed by atoms with Gasteiger partial charge in [0.1, 0.15) is 5.75 Å². The van der Waals surface area contributed by atoms with E-state index >= 15 is 0 Å². The SMILES string of the molecule is CCOc1ccccc1Nc1nnc(SCC(=O)Nc2ccccc2C(F)(F)F)s1. The van der Waals surface area contributed by atoms with E-state index in [1.165, 1.54) is 29.5 Å². The minimum atomic E-state index is -4.55. The molecule has 3 rings (SSSR count). The molecule has 0 spiro atoms. The molecule has 0 radical (unpaired) electrons. The Labute approximate surface area is 178 Å². The van der Waals surface area contributed by atoms with Crippen LogP contribution in [0.15, 0.2) is 52.9 Å². The number of ether oxygens (including phenoxy) is 1. The molecule has 0 fully saturated rings. The first-order valence-corrected chi connectivity index (χ1v) is 10.6. The van der Waals surface area contributed by atoms with Gasteiger partial charge >= 0.3 is 6.18 Å². The first-order chi connectivity index (χ1) is 14.4. The van der Waals surface area contributed by atoms with Crippen molar-refractivity contribution < 1.29 is 22.7 Å². The van der Waals surface area contributed by atoms with Gasteiger partial charge in [-0.05, 0) is 31.2 Å². The Morgan fingerprint density at radius 2 is 1.80 bits per heavy atom. The number of anilines is 3. The number of carbonyl (C=O) groups excluding carboxylic acids is 1. The number of amides is 1. The third kappa shape index (κ3) is 5.86. The molecule has 0 aliphatic rings. The summed E-state index contributed by atoms with van der Waals surface area (Å²) in [7, 11) is 0. The van der Waals surface area contributed by atoms with Crippen LogP contribution in [-0.2, 0) is 11.0 Å². The Morgan fingerprint density at radius 1 is 1.10 bits per heavy atom. The van der Waals surface area contributed by atoms with Crippen molar-refractivity contribution in [2.75, 3.05) is 23.0 Å². The summed E-state index contributed by atoms with van der Waals surface area (Å²) in [6, 6.07) is 12.2. The van der Waals surface area contributed by atoms with Crippen LogP contribution in [0.25, 0.3) is 0 Å². The minimum absolute atomic E-state index is 0.101. The lowest BCUT2D eigenvalue weighted by molar-refractivity contribution is -0.137. The zero-order valence-electron chi connectivity index (χ0n) is 15.7. The van der Waals surface area contributed by atoms with Gasteiger partial charge in [-0.2, -0.15) is 13.2 Å². The summed E-state index contributed by atoms with van der Waals surface area (Å²) in [4.78, 5) is 12.1. The maximum atomic E-state index is 13.0. The lowest BCUT2D eigenvalue weighted by Crippen LogP contribution is -2.18. The standard InChI is InChI=1S/C19H17F3N4O2S2/c1-2-28-15-10-6-5-9-14(15)24-17-25-26-18(30-17)29-11-16(27)23-13-8-4-3-7-12(13)19(20,21)22/h3-10H,2,11H2,1H3,(H,23,27)(H,24,25). The Balaban J connectivity index is 1.58. The molecule has 0 atom stereocenters. The van der Waals surface area contributed by atoms with E-state index in [1.807, 2.05) is 31.2 Å². The summed E-state index contributed by atoms with van der Waals surface area (Å²) in [6.07, 6.45) is -4.55. The number of rotatable bonds is 8. The maximum absolute atomic E-state index is 13.0. The molecule has 11 heteroatoms. The number of alkyl halides is 3. The highest BCUT2D eigenvalue weighted by Crippen LogP contribution is 2.35. The van der Waals surface area contributed by atoms with E-state index in [4.69, 9.17) is 4.74 Å². The van der Waals surface area contributed by atoms with E-state index < -0.39 is 17.6 Å². The third-order valence-electron chi connectivity index (χ3n) is 3.67. The topological polar surface area (TPSA) is 76.1 Å². The summed E-state index contributed by atoms with van der Waals surface area (Å²) in [5.74, 6) is 0.00584. The zero-order chi connectivity index (χ0) is 21.6. The number of para-hydroxylation sites is 3. The largest absolute Gasteiger partial charge is 0.492 e. The van der Waals surface area contributed by atoms with Crippen molar-refractivity contribution >= 4 is 45.5 Å². The van der Waals surface area contributed by atoms with Gasteiger partial charge in [0.2, 0.25) is 11.0 Å². The average Bonchev–Trinajstić information content (AvgIpc) is 3.15. The van der Waals surface area contributed by atoms with E-state index in [0.29, 0.717) is 21.8 Å². The van der Waals surface area contributed by atoms with Crippen molar-refractivity contribution in [3.8, 4) is 5.75 Å². The van der Waals surface area contributed by atoms with Gasteiger partial charge < -0.3 is 15.4 Å². The molecule has 3 aromatic rings. The van der Waals surface area contributed by atoms with E-state index in [-0.39, 0.29) is 11.4 Å². The second-order valence-corrected chi connectivity index (χ2v) is 8.01. The molecule has 1 heterocycles. The van der Waals surface area contributed by atoms with Crippen molar-refractivity contribution in [2.45, 2.75) is 17.4 Å². The molecule has 1 aromatic heterocycles. The molecule has 0 saturated heterocycles. The van der Waals surface area contributed by atoms with Crippen molar-refractivity contribution in [3.63, 3.8) is 0 Å². The number of carbonyl (C=O) groups is 1. The van der Waals surface area contributed by atoms with Gasteiger partial charge in [-0.1, -0.05) is 47.4 Å². The second-order valence-electron chi connectivity index (χ2n) is 5.81. The van der Waals surface area contributed by atoms with Crippen LogP contribution >= 0.6 is 23.1 Å². The zero-order valence-corrected chi connectivity index (χ0v) is 17.3. The minimum Gasteiger partial charge on any atom is -0.492 e. The van der Waals surface area contributed by atoms with Gasteiger partial charge in [-0.15, -0.1) is 10.2 Å². The smallest absolute Gasteiger partial charge is 0.418 e. The third-order valence-corrected chi connectivity index (χ3v) is 5.64. The van der Waals surface area contributed by atoms with E-state index in [0.717, 1.165) is 23.5 Å². The van der Waals surface area contributed by atoms with Crippen LogP contribution in [0.4, 0.5) is 29.7 Å². The average molecular weight is 454 g/mol. The summed E-state index contributed by atoms with van der Waals surface area (Å²) in [5, 5.41) is 13.9. The van der Waals surface area contributed by atoms with Crippen LogP contribution < -0.4 is 15.4 Å². The quantitative estimate of drug-likeness (QED) is 0.442. The molecule has 0 aliphatic heterocycles. The predicted octanol–water partition coefficient (Wildman–Crippen LogP) is 5.43. The highest BCUT2D eigenvalue weighted by molar-refractivity contribution is 8.01. The molecule has 30 heavy (non-hydrogen) atoms. The molecule has 1 amide bonds. The summed E-state index contributed by atoms with van der Waals surface area (Å²) in [5.41, 5.74) is -0.435. The van der Waals surface area contributed by atoms with Crippen LogP contribution in [0.1, 0.15) is 12.5 Å². The Bertz CT molecular complexity index is 1010. The van der Waals surface area contributed by atoms with Gasteiger partial charge in [0.05, 0.1) is 29.3 Å².